The second kappa shape index (κ2) is 4.35. The van der Waals surface area contributed by atoms with Crippen LogP contribution in [-0.2, 0) is 11.3 Å². The number of carbonyl (C=O) groups is 1. The van der Waals surface area contributed by atoms with Crippen molar-refractivity contribution in [3.63, 3.8) is 0 Å². The Morgan fingerprint density at radius 2 is 2.24 bits per heavy atom. The number of amides is 1. The van der Waals surface area contributed by atoms with E-state index in [2.05, 4.69) is 9.68 Å². The average Bonchev–Trinajstić information content (AvgIpc) is 3.04. The first-order valence-electron chi connectivity index (χ1n) is 5.82. The van der Waals surface area contributed by atoms with Gasteiger partial charge in [0.1, 0.15) is 6.54 Å². The molecule has 2 rings (SSSR count). The van der Waals surface area contributed by atoms with Crippen LogP contribution in [0.4, 0.5) is 0 Å². The van der Waals surface area contributed by atoms with Gasteiger partial charge >= 0.3 is 5.76 Å². The molecule has 1 amide bonds. The number of aromatic nitrogens is 2. The lowest BCUT2D eigenvalue weighted by atomic mass is 10.2. The van der Waals surface area contributed by atoms with E-state index in [0.29, 0.717) is 11.9 Å². The zero-order valence-corrected chi connectivity index (χ0v) is 10.3. The summed E-state index contributed by atoms with van der Waals surface area (Å²) in [6, 6.07) is 0.348. The number of nitrogens with zero attached hydrogens (tertiary/aromatic N) is 3. The fourth-order valence-corrected chi connectivity index (χ4v) is 1.75. The largest absolute Gasteiger partial charge is 0.442 e. The van der Waals surface area contributed by atoms with Crippen molar-refractivity contribution in [1.29, 1.82) is 0 Å². The zero-order valence-electron chi connectivity index (χ0n) is 10.3. The van der Waals surface area contributed by atoms with Crippen LogP contribution in [0.2, 0.25) is 0 Å². The van der Waals surface area contributed by atoms with Crippen molar-refractivity contribution >= 4 is 5.91 Å². The van der Waals surface area contributed by atoms with E-state index < -0.39 is 5.76 Å². The Labute approximate surface area is 99.2 Å². The van der Waals surface area contributed by atoms with Crippen molar-refractivity contribution < 1.29 is 9.32 Å². The van der Waals surface area contributed by atoms with Gasteiger partial charge in [0.25, 0.3) is 0 Å². The minimum absolute atomic E-state index is 0.0167. The van der Waals surface area contributed by atoms with Crippen molar-refractivity contribution in [1.82, 2.24) is 14.6 Å². The molecule has 1 aromatic rings. The van der Waals surface area contributed by atoms with Gasteiger partial charge in [-0.05, 0) is 12.8 Å². The Morgan fingerprint density at radius 1 is 1.59 bits per heavy atom. The summed E-state index contributed by atoms with van der Waals surface area (Å²) in [5.74, 6) is -0.0565. The minimum atomic E-state index is -0.564. The van der Waals surface area contributed by atoms with E-state index in [1.165, 1.54) is 4.57 Å². The lowest BCUT2D eigenvalue weighted by molar-refractivity contribution is -0.131. The highest BCUT2D eigenvalue weighted by atomic mass is 16.5. The van der Waals surface area contributed by atoms with Crippen LogP contribution in [0, 0.1) is 0 Å². The molecular formula is C11H17N3O3. The Hall–Kier alpha value is -1.59. The molecule has 1 aromatic heterocycles. The molecule has 1 saturated carbocycles. The first kappa shape index (κ1) is 11.9. The van der Waals surface area contributed by atoms with Crippen molar-refractivity contribution in [2.75, 3.05) is 7.05 Å². The molecule has 0 radical (unpaired) electrons. The van der Waals surface area contributed by atoms with Crippen LogP contribution >= 0.6 is 0 Å². The smallest absolute Gasteiger partial charge is 0.341 e. The van der Waals surface area contributed by atoms with Gasteiger partial charge in [-0.3, -0.25) is 13.9 Å². The quantitative estimate of drug-likeness (QED) is 0.770. The first-order valence-corrected chi connectivity index (χ1v) is 5.82. The summed E-state index contributed by atoms with van der Waals surface area (Å²) in [5, 5.41) is 3.69. The number of likely N-dealkylation sites (N-methyl/N-ethyl adjacent to an activating group) is 1. The highest BCUT2D eigenvalue weighted by molar-refractivity contribution is 5.76. The summed E-state index contributed by atoms with van der Waals surface area (Å²) in [7, 11) is 1.77. The number of hydrogen-bond donors (Lipinski definition) is 0. The molecule has 0 unspecified atom stereocenters. The molecular weight excluding hydrogens is 222 g/mol. The highest BCUT2D eigenvalue weighted by Gasteiger charge is 2.30. The molecule has 0 atom stereocenters. The molecule has 1 aliphatic rings. The second-order valence-electron chi connectivity index (χ2n) is 4.78. The molecule has 94 valence electrons. The van der Waals surface area contributed by atoms with E-state index in [0.717, 1.165) is 12.8 Å². The van der Waals surface area contributed by atoms with E-state index in [1.807, 2.05) is 13.8 Å². The Balaban J connectivity index is 2.14. The van der Waals surface area contributed by atoms with E-state index in [1.54, 1.807) is 11.9 Å². The van der Waals surface area contributed by atoms with Crippen molar-refractivity contribution in [3.05, 3.63) is 16.4 Å². The topological polar surface area (TPSA) is 68.3 Å². The molecule has 0 saturated heterocycles. The molecule has 1 heterocycles. The van der Waals surface area contributed by atoms with Gasteiger partial charge < -0.3 is 4.90 Å². The lowest BCUT2D eigenvalue weighted by Gasteiger charge is -2.16. The molecule has 1 fully saturated rings. The van der Waals surface area contributed by atoms with Crippen LogP contribution in [-0.4, -0.2) is 33.6 Å². The molecule has 0 aromatic carbocycles. The third-order valence-electron chi connectivity index (χ3n) is 3.01. The van der Waals surface area contributed by atoms with Crippen LogP contribution in [0.5, 0.6) is 0 Å². The van der Waals surface area contributed by atoms with E-state index in [9.17, 15) is 9.59 Å². The predicted octanol–water partition coefficient (Wildman–Crippen LogP) is 0.581. The standard InChI is InChI=1S/C11H17N3O3/c1-7(2)10-12-17-11(16)14(10)6-9(15)13(3)8-4-5-8/h7-8H,4-6H2,1-3H3. The number of hydrogen-bond acceptors (Lipinski definition) is 4. The van der Waals surface area contributed by atoms with Crippen LogP contribution in [0.15, 0.2) is 9.32 Å². The first-order chi connectivity index (χ1) is 8.00. The van der Waals surface area contributed by atoms with Crippen LogP contribution in [0.3, 0.4) is 0 Å². The Bertz CT molecular complexity index is 471. The molecule has 6 nitrogen and oxygen atoms in total. The summed E-state index contributed by atoms with van der Waals surface area (Å²) in [5.41, 5.74) is 0. The number of carbonyl (C=O) groups excluding carboxylic acids is 1. The SMILES string of the molecule is CC(C)c1noc(=O)n1CC(=O)N(C)C1CC1. The molecule has 6 heteroatoms. The van der Waals surface area contributed by atoms with Gasteiger partial charge in [-0.15, -0.1) is 0 Å². The van der Waals surface area contributed by atoms with E-state index >= 15 is 0 Å². The maximum Gasteiger partial charge on any atom is 0.442 e. The van der Waals surface area contributed by atoms with Gasteiger partial charge in [-0.25, -0.2) is 4.79 Å². The van der Waals surface area contributed by atoms with Crippen molar-refractivity contribution in [2.24, 2.45) is 0 Å². The highest BCUT2D eigenvalue weighted by Crippen LogP contribution is 2.25. The fourth-order valence-electron chi connectivity index (χ4n) is 1.75. The fraction of sp³-hybridized carbons (Fsp3) is 0.727. The molecule has 17 heavy (non-hydrogen) atoms. The summed E-state index contributed by atoms with van der Waals surface area (Å²) >= 11 is 0. The zero-order chi connectivity index (χ0) is 12.6. The maximum atomic E-state index is 11.9. The van der Waals surface area contributed by atoms with Crippen LogP contribution < -0.4 is 5.76 Å². The monoisotopic (exact) mass is 239 g/mol. The summed E-state index contributed by atoms with van der Waals surface area (Å²) < 4.78 is 5.91. The third kappa shape index (κ3) is 2.40. The summed E-state index contributed by atoms with van der Waals surface area (Å²) in [6.45, 7) is 3.83. The maximum absolute atomic E-state index is 11.9. The lowest BCUT2D eigenvalue weighted by Crippen LogP contribution is -2.35. The Kier molecular flexibility index (Phi) is 3.04. The van der Waals surface area contributed by atoms with Crippen molar-refractivity contribution in [2.45, 2.75) is 45.2 Å². The van der Waals surface area contributed by atoms with Crippen LogP contribution in [0.1, 0.15) is 38.4 Å². The third-order valence-corrected chi connectivity index (χ3v) is 3.01. The molecule has 0 spiro atoms. The molecule has 1 aliphatic carbocycles. The normalized spacial score (nSPS) is 15.3. The predicted molar refractivity (Wildman–Crippen MR) is 60.6 cm³/mol. The summed E-state index contributed by atoms with van der Waals surface area (Å²) in [6.07, 6.45) is 2.11. The number of rotatable bonds is 4. The molecule has 0 N–H and O–H groups in total. The van der Waals surface area contributed by atoms with Crippen molar-refractivity contribution in [3.8, 4) is 0 Å². The van der Waals surface area contributed by atoms with Gasteiger partial charge in [-0.1, -0.05) is 19.0 Å². The molecule has 0 aliphatic heterocycles. The summed E-state index contributed by atoms with van der Waals surface area (Å²) in [4.78, 5) is 25.1. The average molecular weight is 239 g/mol. The van der Waals surface area contributed by atoms with E-state index in [4.69, 9.17) is 0 Å². The van der Waals surface area contributed by atoms with Gasteiger partial charge in [0.15, 0.2) is 5.82 Å². The minimum Gasteiger partial charge on any atom is -0.341 e. The van der Waals surface area contributed by atoms with Gasteiger partial charge in [0, 0.05) is 19.0 Å². The van der Waals surface area contributed by atoms with Crippen LogP contribution in [0.25, 0.3) is 0 Å². The van der Waals surface area contributed by atoms with Gasteiger partial charge in [-0.2, -0.15) is 0 Å². The van der Waals surface area contributed by atoms with E-state index in [-0.39, 0.29) is 18.4 Å². The Morgan fingerprint density at radius 3 is 2.76 bits per heavy atom. The van der Waals surface area contributed by atoms with Gasteiger partial charge in [0.2, 0.25) is 5.91 Å². The molecule has 0 bridgehead atoms. The second-order valence-corrected chi connectivity index (χ2v) is 4.78. The van der Waals surface area contributed by atoms with Gasteiger partial charge in [0.05, 0.1) is 0 Å².